The smallest absolute Gasteiger partial charge is 0.284 e. The van der Waals surface area contributed by atoms with Crippen LogP contribution in [-0.4, -0.2) is 47.5 Å². The van der Waals surface area contributed by atoms with Crippen LogP contribution in [0.5, 0.6) is 11.5 Å². The summed E-state index contributed by atoms with van der Waals surface area (Å²) in [6, 6.07) is 9.11. The maximum Gasteiger partial charge on any atom is 0.284 e. The highest BCUT2D eigenvalue weighted by Crippen LogP contribution is 2.39. The summed E-state index contributed by atoms with van der Waals surface area (Å²) in [6.07, 6.45) is 3.35. The number of benzene rings is 1. The molecule has 0 N–H and O–H groups in total. The molecule has 0 bridgehead atoms. The molecule has 0 spiro atoms. The number of carbonyl (C=O) groups is 1. The molecule has 1 saturated heterocycles. The summed E-state index contributed by atoms with van der Waals surface area (Å²) in [5, 5.41) is 8.26. The lowest BCUT2D eigenvalue weighted by atomic mass is 10.0. The second kappa shape index (κ2) is 8.60. The van der Waals surface area contributed by atoms with Gasteiger partial charge < -0.3 is 23.2 Å². The Hall–Kier alpha value is -2.94. The maximum atomic E-state index is 12.9. The minimum Gasteiger partial charge on any atom is -0.497 e. The van der Waals surface area contributed by atoms with Gasteiger partial charge in [0.1, 0.15) is 11.5 Å². The van der Waals surface area contributed by atoms with E-state index >= 15 is 0 Å². The first kappa shape index (κ1) is 19.4. The molecular weight excluding hydrogens is 394 g/mol. The Bertz CT molecular complexity index is 972. The number of hydrogen-bond acceptors (Lipinski definition) is 8. The quantitative estimate of drug-likeness (QED) is 0.538. The Morgan fingerprint density at radius 1 is 1.28 bits per heavy atom. The van der Waals surface area contributed by atoms with Crippen LogP contribution >= 0.6 is 11.8 Å². The number of carbonyl (C=O) groups excluding carboxylic acids is 1. The van der Waals surface area contributed by atoms with Crippen molar-refractivity contribution in [3.63, 3.8) is 0 Å². The Morgan fingerprint density at radius 2 is 2.17 bits per heavy atom. The van der Waals surface area contributed by atoms with Gasteiger partial charge in [-0.1, -0.05) is 11.8 Å². The van der Waals surface area contributed by atoms with E-state index in [1.807, 2.05) is 23.1 Å². The summed E-state index contributed by atoms with van der Waals surface area (Å²) in [7, 11) is 3.26. The fourth-order valence-electron chi connectivity index (χ4n) is 3.46. The number of likely N-dealkylation sites (tertiary alicyclic amines) is 1. The highest BCUT2D eigenvalue weighted by Gasteiger charge is 2.32. The van der Waals surface area contributed by atoms with Crippen molar-refractivity contribution in [2.45, 2.75) is 24.1 Å². The lowest BCUT2D eigenvalue weighted by Crippen LogP contribution is -2.32. The fraction of sp³-hybridized carbons (Fsp3) is 0.350. The third-order valence-electron chi connectivity index (χ3n) is 4.83. The van der Waals surface area contributed by atoms with E-state index in [1.165, 1.54) is 18.0 Å². The molecule has 1 atom stereocenters. The molecular formula is C20H21N3O5S. The first-order valence-corrected chi connectivity index (χ1v) is 10.2. The molecule has 2 aromatic heterocycles. The average Bonchev–Trinajstić information content (AvgIpc) is 3.52. The largest absolute Gasteiger partial charge is 0.497 e. The standard InChI is InChI=1S/C20H21N3O5S/c1-25-13-7-8-16(26-2)14(11-13)15-5-3-9-23(15)18(24)12-29-20-22-21-19(28-20)17-6-4-10-27-17/h4,6-8,10-11,15H,3,5,9,12H2,1-2H3. The zero-order chi connectivity index (χ0) is 20.2. The molecule has 152 valence electrons. The van der Waals surface area contributed by atoms with Gasteiger partial charge in [-0.2, -0.15) is 0 Å². The van der Waals surface area contributed by atoms with E-state index in [-0.39, 0.29) is 17.7 Å². The van der Waals surface area contributed by atoms with Crippen molar-refractivity contribution in [3.05, 3.63) is 42.2 Å². The maximum absolute atomic E-state index is 12.9. The molecule has 0 aliphatic carbocycles. The number of thioether (sulfide) groups is 1. The number of furan rings is 1. The highest BCUT2D eigenvalue weighted by molar-refractivity contribution is 7.99. The van der Waals surface area contributed by atoms with Gasteiger partial charge in [0.25, 0.3) is 11.1 Å². The summed E-state index contributed by atoms with van der Waals surface area (Å²) < 4.78 is 21.7. The van der Waals surface area contributed by atoms with Crippen LogP contribution in [0.1, 0.15) is 24.4 Å². The average molecular weight is 415 g/mol. The molecule has 1 fully saturated rings. The van der Waals surface area contributed by atoms with E-state index in [0.717, 1.165) is 29.9 Å². The van der Waals surface area contributed by atoms with E-state index in [0.29, 0.717) is 23.4 Å². The molecule has 8 nitrogen and oxygen atoms in total. The predicted octanol–water partition coefficient (Wildman–Crippen LogP) is 3.80. The number of amides is 1. The van der Waals surface area contributed by atoms with Crippen molar-refractivity contribution in [1.82, 2.24) is 15.1 Å². The van der Waals surface area contributed by atoms with Crippen molar-refractivity contribution in [2.24, 2.45) is 0 Å². The fourth-order valence-corrected chi connectivity index (χ4v) is 4.11. The van der Waals surface area contributed by atoms with Crippen molar-refractivity contribution in [2.75, 3.05) is 26.5 Å². The summed E-state index contributed by atoms with van der Waals surface area (Å²) in [4.78, 5) is 14.8. The van der Waals surface area contributed by atoms with Crippen molar-refractivity contribution >= 4 is 17.7 Å². The van der Waals surface area contributed by atoms with Crippen LogP contribution in [0, 0.1) is 0 Å². The summed E-state index contributed by atoms with van der Waals surface area (Å²) in [5.74, 6) is 2.52. The lowest BCUT2D eigenvalue weighted by molar-refractivity contribution is -0.129. The van der Waals surface area contributed by atoms with Gasteiger partial charge in [0.2, 0.25) is 5.91 Å². The van der Waals surface area contributed by atoms with Crippen LogP contribution in [0.15, 0.2) is 50.7 Å². The Labute approximate surface area is 172 Å². The van der Waals surface area contributed by atoms with Gasteiger partial charge in [-0.3, -0.25) is 4.79 Å². The number of methoxy groups -OCH3 is 2. The van der Waals surface area contributed by atoms with E-state index in [4.69, 9.17) is 18.3 Å². The van der Waals surface area contributed by atoms with Gasteiger partial charge >= 0.3 is 0 Å². The van der Waals surface area contributed by atoms with Crippen LogP contribution in [-0.2, 0) is 4.79 Å². The van der Waals surface area contributed by atoms with Crippen molar-refractivity contribution in [3.8, 4) is 23.1 Å². The first-order valence-electron chi connectivity index (χ1n) is 9.21. The monoisotopic (exact) mass is 415 g/mol. The molecule has 1 aromatic carbocycles. The van der Waals surface area contributed by atoms with E-state index < -0.39 is 0 Å². The first-order chi connectivity index (χ1) is 14.2. The second-order valence-electron chi connectivity index (χ2n) is 6.49. The predicted molar refractivity (Wildman–Crippen MR) is 106 cm³/mol. The molecule has 3 aromatic rings. The van der Waals surface area contributed by atoms with Gasteiger partial charge in [-0.15, -0.1) is 10.2 Å². The minimum absolute atomic E-state index is 0.0140. The van der Waals surface area contributed by atoms with Crippen LogP contribution in [0.25, 0.3) is 11.7 Å². The van der Waals surface area contributed by atoms with Gasteiger partial charge in [0, 0.05) is 12.1 Å². The number of aromatic nitrogens is 2. The van der Waals surface area contributed by atoms with Crippen LogP contribution in [0.3, 0.4) is 0 Å². The molecule has 9 heteroatoms. The second-order valence-corrected chi connectivity index (χ2v) is 7.42. The van der Waals surface area contributed by atoms with Gasteiger partial charge in [-0.05, 0) is 43.2 Å². The third-order valence-corrected chi connectivity index (χ3v) is 5.63. The Balaban J connectivity index is 1.44. The molecule has 3 heterocycles. The van der Waals surface area contributed by atoms with Gasteiger partial charge in [0.05, 0.1) is 32.3 Å². The minimum atomic E-state index is -0.0467. The van der Waals surface area contributed by atoms with E-state index in [2.05, 4.69) is 10.2 Å². The molecule has 1 aliphatic heterocycles. The Morgan fingerprint density at radius 3 is 2.93 bits per heavy atom. The molecule has 29 heavy (non-hydrogen) atoms. The SMILES string of the molecule is COc1ccc(OC)c(C2CCCN2C(=O)CSc2nnc(-c3ccco3)o2)c1. The van der Waals surface area contributed by atoms with Crippen molar-refractivity contribution in [1.29, 1.82) is 0 Å². The van der Waals surface area contributed by atoms with Crippen LogP contribution in [0.4, 0.5) is 0 Å². The zero-order valence-electron chi connectivity index (χ0n) is 16.2. The molecule has 1 amide bonds. The molecule has 1 unspecified atom stereocenters. The molecule has 0 saturated carbocycles. The summed E-state index contributed by atoms with van der Waals surface area (Å²) in [6.45, 7) is 0.700. The van der Waals surface area contributed by atoms with Crippen molar-refractivity contribution < 1.29 is 23.1 Å². The van der Waals surface area contributed by atoms with Gasteiger partial charge in [-0.25, -0.2) is 0 Å². The number of ether oxygens (including phenoxy) is 2. The van der Waals surface area contributed by atoms with E-state index in [9.17, 15) is 4.79 Å². The molecule has 1 aliphatic rings. The molecule has 0 radical (unpaired) electrons. The van der Waals surface area contributed by atoms with Gasteiger partial charge in [0.15, 0.2) is 5.76 Å². The highest BCUT2D eigenvalue weighted by atomic mass is 32.2. The normalized spacial score (nSPS) is 16.2. The topological polar surface area (TPSA) is 90.8 Å². The number of nitrogens with zero attached hydrogens (tertiary/aromatic N) is 3. The third kappa shape index (κ3) is 4.09. The Kier molecular flexibility index (Phi) is 5.75. The number of hydrogen-bond donors (Lipinski definition) is 0. The van der Waals surface area contributed by atoms with E-state index in [1.54, 1.807) is 26.4 Å². The summed E-state index contributed by atoms with van der Waals surface area (Å²) in [5.41, 5.74) is 0.959. The van der Waals surface area contributed by atoms with Crippen LogP contribution < -0.4 is 9.47 Å². The zero-order valence-corrected chi connectivity index (χ0v) is 17.0. The van der Waals surface area contributed by atoms with Crippen LogP contribution in [0.2, 0.25) is 0 Å². The summed E-state index contributed by atoms with van der Waals surface area (Å²) >= 11 is 1.22. The number of rotatable bonds is 7. The molecule has 4 rings (SSSR count). The lowest BCUT2D eigenvalue weighted by Gasteiger charge is -2.26.